The number of nitrogens with zero attached hydrogens (tertiary/aromatic N) is 4. The summed E-state index contributed by atoms with van der Waals surface area (Å²) in [6, 6.07) is 0.748. The number of nitrogens with one attached hydrogen (secondary N) is 2. The van der Waals surface area contributed by atoms with Crippen LogP contribution in [0.1, 0.15) is 83.4 Å². The number of carboxylic acid groups (broad SMARTS) is 1. The van der Waals surface area contributed by atoms with E-state index in [1.54, 1.807) is 0 Å². The lowest BCUT2D eigenvalue weighted by atomic mass is 9.80. The lowest BCUT2D eigenvalue weighted by Crippen LogP contribution is -2.52. The Bertz CT molecular complexity index is 966. The number of aliphatic imine (C=N–C) groups is 1. The van der Waals surface area contributed by atoms with Crippen LogP contribution in [0.4, 0.5) is 22.1 Å². The zero-order chi connectivity index (χ0) is 27.1. The largest absolute Gasteiger partial charge is 0.463 e. The van der Waals surface area contributed by atoms with Crippen molar-refractivity contribution in [3.63, 3.8) is 0 Å². The highest BCUT2D eigenvalue weighted by Gasteiger charge is 2.34. The van der Waals surface area contributed by atoms with Crippen LogP contribution in [0.25, 0.3) is 0 Å². The average molecular weight is 532 g/mol. The predicted molar refractivity (Wildman–Crippen MR) is 149 cm³/mol. The number of nitrogen functional groups attached to an aromatic ring is 1. The van der Waals surface area contributed by atoms with Gasteiger partial charge in [0.2, 0.25) is 0 Å². The summed E-state index contributed by atoms with van der Waals surface area (Å²) in [7, 11) is 0. The number of amidine groups is 1. The lowest BCUT2D eigenvalue weighted by molar-refractivity contribution is -0.0561. The average Bonchev–Trinajstić information content (AvgIpc) is 3.33. The summed E-state index contributed by atoms with van der Waals surface area (Å²) in [4.78, 5) is 22.8. The van der Waals surface area contributed by atoms with Gasteiger partial charge in [-0.25, -0.2) is 19.8 Å². The minimum atomic E-state index is -1.39. The van der Waals surface area contributed by atoms with E-state index in [1.165, 1.54) is 70.6 Å². The van der Waals surface area contributed by atoms with Crippen LogP contribution in [0.5, 0.6) is 0 Å². The van der Waals surface area contributed by atoms with Crippen LogP contribution in [0.15, 0.2) is 4.99 Å². The van der Waals surface area contributed by atoms with Gasteiger partial charge in [-0.15, -0.1) is 0 Å². The molecule has 5 rings (SSSR count). The molecule has 0 spiro atoms. The summed E-state index contributed by atoms with van der Waals surface area (Å²) in [6.07, 6.45) is 12.7. The molecule has 1 amide bonds. The van der Waals surface area contributed by atoms with Gasteiger partial charge in [0.25, 0.3) is 0 Å². The Hall–Kier alpha value is -2.70. The normalized spacial score (nSPS) is 25.5. The molecule has 12 nitrogen and oxygen atoms in total. The minimum Gasteiger partial charge on any atom is -0.463 e. The third kappa shape index (κ3) is 7.45. The predicted octanol–water partition coefficient (Wildman–Crippen LogP) is 3.15. The number of hydrogen-bond donors (Lipinski definition) is 6. The first-order valence-corrected chi connectivity index (χ1v) is 14.2. The second-order valence-electron chi connectivity index (χ2n) is 11.1. The molecule has 4 aliphatic rings. The number of nitrogens with two attached hydrogens (primary N) is 3. The molecule has 3 aliphatic carbocycles. The number of anilines is 3. The van der Waals surface area contributed by atoms with Crippen LogP contribution < -0.4 is 27.9 Å². The molecule has 0 radical (unpaired) electrons. The molecular formula is C26H45N9O3. The molecule has 9 N–H and O–H groups in total. The number of amides is 1. The van der Waals surface area contributed by atoms with Gasteiger partial charge in [-0.2, -0.15) is 4.99 Å². The summed E-state index contributed by atoms with van der Waals surface area (Å²) < 4.78 is 5.55. The molecule has 2 unspecified atom stereocenters. The highest BCUT2D eigenvalue weighted by molar-refractivity contribution is 6.00. The molecule has 0 bridgehead atoms. The lowest BCUT2D eigenvalue weighted by Gasteiger charge is -2.33. The fourth-order valence-electron chi connectivity index (χ4n) is 5.89. The van der Waals surface area contributed by atoms with Gasteiger partial charge in [0.05, 0.1) is 18.8 Å². The zero-order valence-corrected chi connectivity index (χ0v) is 22.6. The van der Waals surface area contributed by atoms with Gasteiger partial charge in [0.15, 0.2) is 23.3 Å². The van der Waals surface area contributed by atoms with Crippen molar-refractivity contribution in [3.8, 4) is 0 Å². The molecule has 0 aromatic carbocycles. The maximum atomic E-state index is 10.8. The standard InChI is InChI=1S/C19H31N7O2.C7H14N2O/c1-11(13-8-5-9-13)23-17-14(22-10-12-6-3-2-4-7-12)15(20)24-18(26-17)16(21)25-19(27)28;8-9-4-5-10-7-3-1-2-6(7)9/h11-13,22H,2-10H2,1H3,(H2,21,25)(H,27,28)(H3,20,23,24,26);6-7H,1-5,8H2/t11-;/m1./s1. The number of morpholine rings is 1. The van der Waals surface area contributed by atoms with Crippen LogP contribution in [0.3, 0.4) is 0 Å². The van der Waals surface area contributed by atoms with Crippen molar-refractivity contribution < 1.29 is 14.6 Å². The van der Waals surface area contributed by atoms with Crippen molar-refractivity contribution in [2.75, 3.05) is 36.1 Å². The van der Waals surface area contributed by atoms with E-state index in [1.807, 2.05) is 5.01 Å². The second-order valence-corrected chi connectivity index (χ2v) is 11.1. The van der Waals surface area contributed by atoms with E-state index in [4.69, 9.17) is 27.2 Å². The molecule has 1 saturated heterocycles. The third-order valence-corrected chi connectivity index (χ3v) is 8.42. The van der Waals surface area contributed by atoms with E-state index in [0.29, 0.717) is 35.5 Å². The first-order chi connectivity index (χ1) is 18.3. The zero-order valence-electron chi connectivity index (χ0n) is 22.6. The minimum absolute atomic E-state index is 0.0198. The Morgan fingerprint density at radius 3 is 2.53 bits per heavy atom. The summed E-state index contributed by atoms with van der Waals surface area (Å²) in [6.45, 7) is 4.67. The molecule has 1 aromatic heterocycles. The third-order valence-electron chi connectivity index (χ3n) is 8.42. The van der Waals surface area contributed by atoms with Crippen molar-refractivity contribution in [2.45, 2.75) is 95.7 Å². The Morgan fingerprint density at radius 2 is 1.87 bits per heavy atom. The van der Waals surface area contributed by atoms with E-state index in [-0.39, 0.29) is 23.5 Å². The highest BCUT2D eigenvalue weighted by atomic mass is 16.5. The molecule has 1 aromatic rings. The highest BCUT2D eigenvalue weighted by Crippen LogP contribution is 2.34. The molecule has 212 valence electrons. The van der Waals surface area contributed by atoms with Gasteiger partial charge < -0.3 is 31.9 Å². The van der Waals surface area contributed by atoms with Crippen molar-refractivity contribution in [2.24, 2.45) is 28.4 Å². The molecule has 38 heavy (non-hydrogen) atoms. The summed E-state index contributed by atoms with van der Waals surface area (Å²) in [5.41, 5.74) is 12.6. The van der Waals surface area contributed by atoms with E-state index in [0.717, 1.165) is 19.7 Å². The number of carbonyl (C=O) groups is 1. The van der Waals surface area contributed by atoms with Crippen LogP contribution in [-0.2, 0) is 4.74 Å². The van der Waals surface area contributed by atoms with Gasteiger partial charge in [0.1, 0.15) is 5.69 Å². The second kappa shape index (κ2) is 13.4. The van der Waals surface area contributed by atoms with Crippen molar-refractivity contribution in [1.82, 2.24) is 15.0 Å². The van der Waals surface area contributed by atoms with E-state index in [9.17, 15) is 4.79 Å². The fourth-order valence-corrected chi connectivity index (χ4v) is 5.89. The fraction of sp³-hybridized carbons (Fsp3) is 0.769. The van der Waals surface area contributed by atoms with Gasteiger partial charge >= 0.3 is 6.09 Å². The van der Waals surface area contributed by atoms with Gasteiger partial charge in [-0.1, -0.05) is 25.7 Å². The Labute approximate surface area is 225 Å². The quantitative estimate of drug-likeness (QED) is 0.172. The monoisotopic (exact) mass is 531 g/mol. The smallest absolute Gasteiger partial charge is 0.433 e. The Morgan fingerprint density at radius 1 is 1.13 bits per heavy atom. The number of aromatic nitrogens is 2. The maximum absolute atomic E-state index is 10.8. The topological polar surface area (TPSA) is 190 Å². The van der Waals surface area contributed by atoms with Gasteiger partial charge in [-0.3, -0.25) is 5.84 Å². The summed E-state index contributed by atoms with van der Waals surface area (Å²) >= 11 is 0. The van der Waals surface area contributed by atoms with Crippen molar-refractivity contribution in [3.05, 3.63) is 5.82 Å². The molecule has 2 heterocycles. The number of fused-ring (bicyclic) bond motifs is 1. The van der Waals surface area contributed by atoms with Crippen molar-refractivity contribution in [1.29, 1.82) is 0 Å². The summed E-state index contributed by atoms with van der Waals surface area (Å²) in [5, 5.41) is 17.7. The molecule has 12 heteroatoms. The Balaban J connectivity index is 0.000000278. The van der Waals surface area contributed by atoms with E-state index < -0.39 is 6.09 Å². The van der Waals surface area contributed by atoms with Crippen molar-refractivity contribution >= 4 is 29.3 Å². The van der Waals surface area contributed by atoms with Gasteiger partial charge in [0, 0.05) is 19.1 Å². The molecule has 3 saturated carbocycles. The van der Waals surface area contributed by atoms with Gasteiger partial charge in [-0.05, 0) is 63.7 Å². The number of ether oxygens (including phenoxy) is 1. The molecule has 3 atom stereocenters. The van der Waals surface area contributed by atoms with Crippen LogP contribution in [0, 0.1) is 11.8 Å². The molecule has 1 aliphatic heterocycles. The SMILES string of the molecule is C[C@@H](Nc1nc(/C(N)=N/C(=O)O)nc(N)c1NCC1CCCCC1)C1CCC1.NN1CCOC2CCCC21. The van der Waals surface area contributed by atoms with E-state index >= 15 is 0 Å². The number of rotatable bonds is 7. The van der Waals surface area contributed by atoms with Crippen LogP contribution >= 0.6 is 0 Å². The number of hydrogen-bond acceptors (Lipinski definition) is 9. The first kappa shape index (κ1) is 28.3. The molecular weight excluding hydrogens is 486 g/mol. The maximum Gasteiger partial charge on any atom is 0.433 e. The molecule has 4 fully saturated rings. The number of hydrazine groups is 1. The van der Waals surface area contributed by atoms with E-state index in [2.05, 4.69) is 32.5 Å². The van der Waals surface area contributed by atoms with Crippen LogP contribution in [0.2, 0.25) is 0 Å². The van der Waals surface area contributed by atoms with Crippen LogP contribution in [-0.4, -0.2) is 69.9 Å². The first-order valence-electron chi connectivity index (χ1n) is 14.2. The summed E-state index contributed by atoms with van der Waals surface area (Å²) in [5.74, 6) is 7.53. The Kier molecular flexibility index (Phi) is 9.97.